The average molecular weight is 217 g/mol. The standard InChI is InChI=1S/C9H7N5S/c1-2-8-6(4-11-14-8)3-7(1)13-9-10-5-12-15-9/h1-5H,(H,11,14)(H,10,12,13). The molecule has 6 heteroatoms. The van der Waals surface area contributed by atoms with Gasteiger partial charge in [-0.3, -0.25) is 5.10 Å². The van der Waals surface area contributed by atoms with Gasteiger partial charge in [-0.15, -0.1) is 0 Å². The van der Waals surface area contributed by atoms with Crippen LogP contribution < -0.4 is 5.32 Å². The molecular weight excluding hydrogens is 210 g/mol. The summed E-state index contributed by atoms with van der Waals surface area (Å²) in [7, 11) is 0. The number of nitrogens with zero attached hydrogens (tertiary/aromatic N) is 3. The number of nitrogens with one attached hydrogen (secondary N) is 2. The third kappa shape index (κ3) is 1.55. The first kappa shape index (κ1) is 8.37. The summed E-state index contributed by atoms with van der Waals surface area (Å²) >= 11 is 1.33. The largest absolute Gasteiger partial charge is 0.330 e. The zero-order valence-electron chi connectivity index (χ0n) is 7.64. The minimum atomic E-state index is 0.790. The van der Waals surface area contributed by atoms with Crippen LogP contribution in [0.2, 0.25) is 0 Å². The van der Waals surface area contributed by atoms with Crippen LogP contribution in [0.5, 0.6) is 0 Å². The Bertz CT molecular complexity index is 571. The molecule has 0 saturated heterocycles. The van der Waals surface area contributed by atoms with Gasteiger partial charge in [0.05, 0.1) is 11.7 Å². The number of hydrogen-bond donors (Lipinski definition) is 2. The fourth-order valence-electron chi connectivity index (χ4n) is 1.37. The summed E-state index contributed by atoms with van der Waals surface area (Å²) in [5.74, 6) is 0. The fourth-order valence-corrected chi connectivity index (χ4v) is 1.82. The highest BCUT2D eigenvalue weighted by Gasteiger charge is 2.00. The minimum Gasteiger partial charge on any atom is -0.330 e. The van der Waals surface area contributed by atoms with Gasteiger partial charge in [0, 0.05) is 22.6 Å². The molecule has 0 saturated carbocycles. The van der Waals surface area contributed by atoms with Gasteiger partial charge in [0.2, 0.25) is 5.13 Å². The molecule has 5 nitrogen and oxygen atoms in total. The Labute approximate surface area is 89.3 Å². The lowest BCUT2D eigenvalue weighted by Crippen LogP contribution is -1.87. The molecule has 2 heterocycles. The summed E-state index contributed by atoms with van der Waals surface area (Å²) in [6.45, 7) is 0. The van der Waals surface area contributed by atoms with Crippen molar-refractivity contribution >= 4 is 33.3 Å². The van der Waals surface area contributed by atoms with E-state index < -0.39 is 0 Å². The first-order valence-electron chi connectivity index (χ1n) is 4.39. The zero-order chi connectivity index (χ0) is 10.1. The SMILES string of the molecule is c1nsc(Nc2ccc3[nH]ncc3c2)n1. The monoisotopic (exact) mass is 217 g/mol. The number of H-pyrrole nitrogens is 1. The predicted molar refractivity (Wildman–Crippen MR) is 59.3 cm³/mol. The summed E-state index contributed by atoms with van der Waals surface area (Å²) in [6, 6.07) is 5.97. The maximum Gasteiger partial charge on any atom is 0.206 e. The molecule has 0 radical (unpaired) electrons. The normalized spacial score (nSPS) is 10.7. The Balaban J connectivity index is 1.97. The van der Waals surface area contributed by atoms with E-state index in [1.54, 1.807) is 6.20 Å². The van der Waals surface area contributed by atoms with Gasteiger partial charge < -0.3 is 5.32 Å². The first-order valence-corrected chi connectivity index (χ1v) is 5.16. The van der Waals surface area contributed by atoms with Crippen molar-refractivity contribution in [2.45, 2.75) is 0 Å². The number of hydrogen-bond acceptors (Lipinski definition) is 5. The van der Waals surface area contributed by atoms with Crippen molar-refractivity contribution in [1.82, 2.24) is 19.6 Å². The topological polar surface area (TPSA) is 66.5 Å². The second-order valence-electron chi connectivity index (χ2n) is 3.04. The lowest BCUT2D eigenvalue weighted by Gasteiger charge is -2.00. The molecule has 2 aromatic heterocycles. The molecule has 0 atom stereocenters. The summed E-state index contributed by atoms with van der Waals surface area (Å²) in [5, 5.41) is 11.9. The Morgan fingerprint density at radius 2 is 2.33 bits per heavy atom. The van der Waals surface area contributed by atoms with E-state index >= 15 is 0 Å². The molecule has 0 bridgehead atoms. The van der Waals surface area contributed by atoms with E-state index in [1.807, 2.05) is 18.2 Å². The van der Waals surface area contributed by atoms with Gasteiger partial charge >= 0.3 is 0 Å². The van der Waals surface area contributed by atoms with Crippen LogP contribution in [0.25, 0.3) is 10.9 Å². The van der Waals surface area contributed by atoms with Crippen molar-refractivity contribution in [1.29, 1.82) is 0 Å². The van der Waals surface area contributed by atoms with E-state index in [0.29, 0.717) is 0 Å². The second kappa shape index (κ2) is 3.32. The number of fused-ring (bicyclic) bond motifs is 1. The van der Waals surface area contributed by atoms with Gasteiger partial charge in [-0.05, 0) is 18.2 Å². The van der Waals surface area contributed by atoms with Crippen molar-refractivity contribution in [2.75, 3.05) is 5.32 Å². The van der Waals surface area contributed by atoms with Gasteiger partial charge in [0.1, 0.15) is 6.33 Å². The predicted octanol–water partition coefficient (Wildman–Crippen LogP) is 2.16. The van der Waals surface area contributed by atoms with Gasteiger partial charge in [0.15, 0.2) is 0 Å². The van der Waals surface area contributed by atoms with E-state index in [-0.39, 0.29) is 0 Å². The molecule has 2 N–H and O–H groups in total. The molecule has 0 fully saturated rings. The average Bonchev–Trinajstić information content (AvgIpc) is 2.87. The van der Waals surface area contributed by atoms with Crippen molar-refractivity contribution in [3.8, 4) is 0 Å². The van der Waals surface area contributed by atoms with Crippen molar-refractivity contribution in [3.05, 3.63) is 30.7 Å². The van der Waals surface area contributed by atoms with Crippen LogP contribution in [0.3, 0.4) is 0 Å². The third-order valence-corrected chi connectivity index (χ3v) is 2.63. The van der Waals surface area contributed by atoms with Crippen LogP contribution in [0, 0.1) is 0 Å². The van der Waals surface area contributed by atoms with E-state index in [2.05, 4.69) is 24.9 Å². The maximum atomic E-state index is 4.05. The van der Waals surface area contributed by atoms with Gasteiger partial charge in [-0.25, -0.2) is 4.98 Å². The minimum absolute atomic E-state index is 0.790. The van der Waals surface area contributed by atoms with E-state index in [9.17, 15) is 0 Å². The summed E-state index contributed by atoms with van der Waals surface area (Å²) < 4.78 is 3.92. The Morgan fingerprint density at radius 1 is 1.33 bits per heavy atom. The number of aromatic nitrogens is 4. The van der Waals surface area contributed by atoms with Crippen LogP contribution in [0.1, 0.15) is 0 Å². The molecule has 3 rings (SSSR count). The summed E-state index contributed by atoms with van der Waals surface area (Å²) in [4.78, 5) is 4.05. The highest BCUT2D eigenvalue weighted by Crippen LogP contribution is 2.20. The molecule has 0 spiro atoms. The molecule has 0 amide bonds. The summed E-state index contributed by atoms with van der Waals surface area (Å²) in [5.41, 5.74) is 2.01. The third-order valence-electron chi connectivity index (χ3n) is 2.05. The molecular formula is C9H7N5S. The van der Waals surface area contributed by atoms with Crippen LogP contribution >= 0.6 is 11.5 Å². The zero-order valence-corrected chi connectivity index (χ0v) is 8.45. The lowest BCUT2D eigenvalue weighted by molar-refractivity contribution is 1.12. The quantitative estimate of drug-likeness (QED) is 0.690. The highest BCUT2D eigenvalue weighted by atomic mass is 32.1. The van der Waals surface area contributed by atoms with Crippen molar-refractivity contribution < 1.29 is 0 Å². The van der Waals surface area contributed by atoms with Gasteiger partial charge in [0.25, 0.3) is 0 Å². The molecule has 15 heavy (non-hydrogen) atoms. The molecule has 0 aliphatic rings. The number of rotatable bonds is 2. The molecule has 3 aromatic rings. The number of aromatic amines is 1. The number of benzene rings is 1. The summed E-state index contributed by atoms with van der Waals surface area (Å²) in [6.07, 6.45) is 3.32. The Hall–Kier alpha value is -1.95. The number of anilines is 2. The molecule has 0 unspecified atom stereocenters. The van der Waals surface area contributed by atoms with Crippen LogP contribution in [0.4, 0.5) is 10.8 Å². The maximum absolute atomic E-state index is 4.05. The Morgan fingerprint density at radius 3 is 3.20 bits per heavy atom. The van der Waals surface area contributed by atoms with Gasteiger partial charge in [-0.2, -0.15) is 9.47 Å². The van der Waals surface area contributed by atoms with Crippen molar-refractivity contribution in [2.24, 2.45) is 0 Å². The van der Waals surface area contributed by atoms with E-state index in [1.165, 1.54) is 17.9 Å². The Kier molecular flexibility index (Phi) is 1.85. The highest BCUT2D eigenvalue weighted by molar-refractivity contribution is 7.09. The molecule has 74 valence electrons. The van der Waals surface area contributed by atoms with Gasteiger partial charge in [-0.1, -0.05) is 0 Å². The van der Waals surface area contributed by atoms with Crippen molar-refractivity contribution in [3.63, 3.8) is 0 Å². The van der Waals surface area contributed by atoms with Crippen LogP contribution in [-0.2, 0) is 0 Å². The van der Waals surface area contributed by atoms with Crippen LogP contribution in [-0.4, -0.2) is 19.6 Å². The smallest absolute Gasteiger partial charge is 0.206 e. The first-order chi connectivity index (χ1) is 7.42. The molecule has 0 aliphatic carbocycles. The van der Waals surface area contributed by atoms with E-state index in [4.69, 9.17) is 0 Å². The van der Waals surface area contributed by atoms with E-state index in [0.717, 1.165) is 21.7 Å². The van der Waals surface area contributed by atoms with Crippen LogP contribution in [0.15, 0.2) is 30.7 Å². The molecule has 1 aromatic carbocycles. The molecule has 0 aliphatic heterocycles. The lowest BCUT2D eigenvalue weighted by atomic mass is 10.2. The fraction of sp³-hybridized carbons (Fsp3) is 0. The second-order valence-corrected chi connectivity index (χ2v) is 3.82.